The molecule has 0 bridgehead atoms. The van der Waals surface area contributed by atoms with Crippen molar-refractivity contribution in [2.45, 2.75) is 51.9 Å². The van der Waals surface area contributed by atoms with Crippen LogP contribution in [0.25, 0.3) is 20.5 Å². The molecule has 0 N–H and O–H groups in total. The molecule has 3 heterocycles. The Morgan fingerprint density at radius 2 is 1.60 bits per heavy atom. The quantitative estimate of drug-likeness (QED) is 0.0859. The molecule has 1 aromatic heterocycles. The Morgan fingerprint density at radius 1 is 0.833 bits per heavy atom. The van der Waals surface area contributed by atoms with Gasteiger partial charge in [0.25, 0.3) is 0 Å². The molecule has 6 rings (SSSR count). The third-order valence-corrected chi connectivity index (χ3v) is 10.2. The highest BCUT2D eigenvalue weighted by atomic mass is 32.1. The number of likely N-dealkylation sites (tertiary alicyclic amines) is 2. The molecule has 2 aliphatic rings. The molecule has 9 heteroatoms. The van der Waals surface area contributed by atoms with E-state index < -0.39 is 0 Å². The van der Waals surface area contributed by atoms with Gasteiger partial charge in [-0.1, -0.05) is 30.3 Å². The van der Waals surface area contributed by atoms with Crippen LogP contribution < -0.4 is 14.2 Å². The van der Waals surface area contributed by atoms with Crippen molar-refractivity contribution in [3.63, 3.8) is 0 Å². The molecule has 0 unspecified atom stereocenters. The Labute approximate surface area is 287 Å². The van der Waals surface area contributed by atoms with E-state index in [1.807, 2.05) is 36.1 Å². The van der Waals surface area contributed by atoms with Crippen molar-refractivity contribution in [3.05, 3.63) is 77.9 Å². The third kappa shape index (κ3) is 8.88. The van der Waals surface area contributed by atoms with E-state index in [1.165, 1.54) is 34.1 Å². The lowest BCUT2D eigenvalue weighted by Gasteiger charge is -2.17. The van der Waals surface area contributed by atoms with Gasteiger partial charge >= 0.3 is 5.97 Å². The van der Waals surface area contributed by atoms with Crippen LogP contribution in [0.4, 0.5) is 0 Å². The highest BCUT2D eigenvalue weighted by Gasteiger charge is 2.21. The van der Waals surface area contributed by atoms with Crippen LogP contribution >= 0.6 is 11.3 Å². The second-order valence-electron chi connectivity index (χ2n) is 12.4. The maximum atomic E-state index is 12.0. The number of thiophene rings is 1. The summed E-state index contributed by atoms with van der Waals surface area (Å²) in [5.41, 5.74) is 3.45. The Morgan fingerprint density at radius 3 is 2.40 bits per heavy atom. The molecular weight excluding hydrogens is 625 g/mol. The molecule has 2 aliphatic heterocycles. The number of fused-ring (bicyclic) bond motifs is 1. The first-order valence-electron chi connectivity index (χ1n) is 17.4. The van der Waals surface area contributed by atoms with Gasteiger partial charge in [0.05, 0.1) is 19.8 Å². The Hall–Kier alpha value is -4.08. The molecule has 8 nitrogen and oxygen atoms in total. The van der Waals surface area contributed by atoms with Crippen molar-refractivity contribution >= 4 is 33.3 Å². The number of rotatable bonds is 17. The lowest BCUT2D eigenvalue weighted by molar-refractivity contribution is -0.143. The molecule has 2 fully saturated rings. The standard InChI is InChI=1S/C39H46N2O6S/c1-2-44-38(43)12-8-24-47-35-28-31(46-25-22-40-19-5-6-20-40)17-18-33(35)39-34(32-9-3-4-10-36(32)48-39)27-29-13-15-30(16-14-29)45-26-23-41-21-7-11-37(41)42/h3-4,9-10,13-18,28H,2,5-8,11-12,19-27H2,1H3. The van der Waals surface area contributed by atoms with Crippen molar-refractivity contribution in [2.75, 3.05) is 59.2 Å². The summed E-state index contributed by atoms with van der Waals surface area (Å²) in [6.45, 7) is 8.37. The number of benzene rings is 3. The van der Waals surface area contributed by atoms with Gasteiger partial charge in [-0.15, -0.1) is 11.3 Å². The number of ether oxygens (including phenoxy) is 4. The van der Waals surface area contributed by atoms with Crippen molar-refractivity contribution in [3.8, 4) is 27.7 Å². The van der Waals surface area contributed by atoms with Gasteiger partial charge in [0.15, 0.2) is 0 Å². The summed E-state index contributed by atoms with van der Waals surface area (Å²) in [7, 11) is 0. The van der Waals surface area contributed by atoms with E-state index in [2.05, 4.69) is 47.4 Å². The number of hydrogen-bond donors (Lipinski definition) is 0. The van der Waals surface area contributed by atoms with E-state index in [1.54, 1.807) is 11.3 Å². The fraction of sp³-hybridized carbons (Fsp3) is 0.436. The minimum absolute atomic E-state index is 0.203. The molecule has 48 heavy (non-hydrogen) atoms. The molecule has 0 atom stereocenters. The predicted octanol–water partition coefficient (Wildman–Crippen LogP) is 7.36. The fourth-order valence-corrected chi connectivity index (χ4v) is 7.70. The number of amides is 1. The number of hydrogen-bond acceptors (Lipinski definition) is 8. The van der Waals surface area contributed by atoms with Gasteiger partial charge < -0.3 is 23.8 Å². The fourth-order valence-electron chi connectivity index (χ4n) is 6.44. The SMILES string of the molecule is CCOC(=O)CCCOc1cc(OCCN2CCCC2)ccc1-c1sc2ccccc2c1Cc1ccc(OCCN2CCCC2=O)cc1. The van der Waals surface area contributed by atoms with E-state index in [-0.39, 0.29) is 11.9 Å². The summed E-state index contributed by atoms with van der Waals surface area (Å²) in [6.07, 6.45) is 5.74. The molecule has 254 valence electrons. The molecule has 2 saturated heterocycles. The van der Waals surface area contributed by atoms with Crippen LogP contribution in [0, 0.1) is 0 Å². The number of carbonyl (C=O) groups is 2. The number of nitrogens with zero attached hydrogens (tertiary/aromatic N) is 2. The van der Waals surface area contributed by atoms with Crippen molar-refractivity contribution in [1.29, 1.82) is 0 Å². The first-order valence-corrected chi connectivity index (χ1v) is 18.2. The van der Waals surface area contributed by atoms with E-state index in [0.29, 0.717) is 52.2 Å². The first-order chi connectivity index (χ1) is 23.6. The van der Waals surface area contributed by atoms with Crippen molar-refractivity contribution < 1.29 is 28.5 Å². The lowest BCUT2D eigenvalue weighted by Crippen LogP contribution is -2.29. The van der Waals surface area contributed by atoms with E-state index >= 15 is 0 Å². The van der Waals surface area contributed by atoms with Gasteiger partial charge in [0.2, 0.25) is 5.91 Å². The third-order valence-electron chi connectivity index (χ3n) is 8.96. The van der Waals surface area contributed by atoms with E-state index in [0.717, 1.165) is 66.7 Å². The zero-order chi connectivity index (χ0) is 33.1. The summed E-state index contributed by atoms with van der Waals surface area (Å²) >= 11 is 1.77. The largest absolute Gasteiger partial charge is 0.493 e. The summed E-state index contributed by atoms with van der Waals surface area (Å²) in [6, 6.07) is 23.0. The molecule has 3 aromatic carbocycles. The summed E-state index contributed by atoms with van der Waals surface area (Å²) in [5.74, 6) is 2.36. The molecule has 4 aromatic rings. The van der Waals surface area contributed by atoms with Crippen LogP contribution in [0.15, 0.2) is 66.7 Å². The molecule has 0 aliphatic carbocycles. The average molecular weight is 671 g/mol. The van der Waals surface area contributed by atoms with Crippen LogP contribution in [0.3, 0.4) is 0 Å². The minimum atomic E-state index is -0.203. The van der Waals surface area contributed by atoms with Crippen molar-refractivity contribution in [2.24, 2.45) is 0 Å². The lowest BCUT2D eigenvalue weighted by atomic mass is 9.98. The summed E-state index contributed by atoms with van der Waals surface area (Å²) < 4.78 is 24.9. The van der Waals surface area contributed by atoms with Gasteiger partial charge in [0, 0.05) is 47.1 Å². The Kier molecular flexibility index (Phi) is 11.9. The zero-order valence-corrected chi connectivity index (χ0v) is 28.7. The predicted molar refractivity (Wildman–Crippen MR) is 190 cm³/mol. The van der Waals surface area contributed by atoms with Crippen LogP contribution in [0.1, 0.15) is 56.6 Å². The van der Waals surface area contributed by atoms with Crippen LogP contribution in [-0.4, -0.2) is 80.8 Å². The molecule has 1 amide bonds. The molecule has 0 radical (unpaired) electrons. The normalized spacial score (nSPS) is 14.9. The maximum absolute atomic E-state index is 12.0. The van der Waals surface area contributed by atoms with Crippen LogP contribution in [0.5, 0.6) is 17.2 Å². The Bertz CT molecular complexity index is 1660. The molecule has 0 saturated carbocycles. The topological polar surface area (TPSA) is 77.5 Å². The van der Waals surface area contributed by atoms with Crippen LogP contribution in [0.2, 0.25) is 0 Å². The summed E-state index contributed by atoms with van der Waals surface area (Å²) in [4.78, 5) is 29.4. The van der Waals surface area contributed by atoms with Crippen molar-refractivity contribution in [1.82, 2.24) is 9.80 Å². The highest BCUT2D eigenvalue weighted by Crippen LogP contribution is 2.44. The monoisotopic (exact) mass is 670 g/mol. The second-order valence-corrected chi connectivity index (χ2v) is 13.4. The van der Waals surface area contributed by atoms with Gasteiger partial charge in [-0.2, -0.15) is 0 Å². The van der Waals surface area contributed by atoms with E-state index in [4.69, 9.17) is 18.9 Å². The van der Waals surface area contributed by atoms with Crippen LogP contribution in [-0.2, 0) is 20.7 Å². The smallest absolute Gasteiger partial charge is 0.305 e. The average Bonchev–Trinajstić information content (AvgIpc) is 3.85. The molecular formula is C39H46N2O6S. The number of carbonyl (C=O) groups excluding carboxylic acids is 2. The second kappa shape index (κ2) is 16.8. The maximum Gasteiger partial charge on any atom is 0.305 e. The number of esters is 1. The first kappa shape index (κ1) is 33.8. The minimum Gasteiger partial charge on any atom is -0.493 e. The van der Waals surface area contributed by atoms with E-state index in [9.17, 15) is 9.59 Å². The molecule has 0 spiro atoms. The zero-order valence-electron chi connectivity index (χ0n) is 27.9. The summed E-state index contributed by atoms with van der Waals surface area (Å²) in [5, 5.41) is 1.23. The Balaban J connectivity index is 1.20. The van der Waals surface area contributed by atoms with Gasteiger partial charge in [0.1, 0.15) is 30.5 Å². The van der Waals surface area contributed by atoms with Gasteiger partial charge in [-0.3, -0.25) is 14.5 Å². The van der Waals surface area contributed by atoms with Gasteiger partial charge in [-0.05, 0) is 99.0 Å². The highest BCUT2D eigenvalue weighted by molar-refractivity contribution is 7.22. The van der Waals surface area contributed by atoms with Gasteiger partial charge in [-0.25, -0.2) is 0 Å².